The molecular formula is C18H17ClN4O3S. The number of aromatic nitrogens is 1. The lowest BCUT2D eigenvalue weighted by molar-refractivity contribution is 0.0955. The van der Waals surface area contributed by atoms with Gasteiger partial charge in [0.15, 0.2) is 16.6 Å². The Kier molecular flexibility index (Phi) is 5.78. The van der Waals surface area contributed by atoms with Gasteiger partial charge in [0.1, 0.15) is 0 Å². The Morgan fingerprint density at radius 3 is 2.96 bits per heavy atom. The standard InChI is InChI=1S/C18H17ClN4O3S/c1-3-26-14-7-10(6-12(19)16(14)25-2)9-21-23-17(24)11-4-5-13-15(8-11)27-18(20)22-13/h4-9H,3H2,1-2H3,(H2,20,22)(H,23,24)/b21-9-. The zero-order valence-corrected chi connectivity index (χ0v) is 16.2. The molecule has 1 aromatic heterocycles. The van der Waals surface area contributed by atoms with E-state index in [1.54, 1.807) is 30.3 Å². The third-order valence-corrected chi connectivity index (χ3v) is 4.71. The van der Waals surface area contributed by atoms with Gasteiger partial charge in [0.2, 0.25) is 0 Å². The molecule has 3 N–H and O–H groups in total. The van der Waals surface area contributed by atoms with Gasteiger partial charge in [0.25, 0.3) is 5.91 Å². The fourth-order valence-corrected chi connectivity index (χ4v) is 3.51. The fourth-order valence-electron chi connectivity index (χ4n) is 2.44. The highest BCUT2D eigenvalue weighted by molar-refractivity contribution is 7.22. The highest BCUT2D eigenvalue weighted by Gasteiger charge is 2.11. The summed E-state index contributed by atoms with van der Waals surface area (Å²) in [5, 5.41) is 4.84. The summed E-state index contributed by atoms with van der Waals surface area (Å²) in [6.07, 6.45) is 1.48. The summed E-state index contributed by atoms with van der Waals surface area (Å²) < 4.78 is 11.6. The number of carbonyl (C=O) groups is 1. The van der Waals surface area contributed by atoms with Crippen LogP contribution < -0.4 is 20.6 Å². The van der Waals surface area contributed by atoms with E-state index < -0.39 is 0 Å². The maximum Gasteiger partial charge on any atom is 0.271 e. The number of nitrogens with one attached hydrogen (secondary N) is 1. The zero-order chi connectivity index (χ0) is 19.4. The van der Waals surface area contributed by atoms with Crippen LogP contribution in [0, 0.1) is 0 Å². The number of benzene rings is 2. The highest BCUT2D eigenvalue weighted by atomic mass is 35.5. The molecule has 0 radical (unpaired) electrons. The minimum absolute atomic E-state index is 0.343. The number of anilines is 1. The van der Waals surface area contributed by atoms with Crippen molar-refractivity contribution in [2.75, 3.05) is 19.5 Å². The molecule has 0 saturated carbocycles. The summed E-state index contributed by atoms with van der Waals surface area (Å²) in [4.78, 5) is 16.4. The Bertz CT molecular complexity index is 1020. The van der Waals surface area contributed by atoms with Gasteiger partial charge in [-0.05, 0) is 42.8 Å². The average Bonchev–Trinajstić information content (AvgIpc) is 3.01. The molecule has 7 nitrogen and oxygen atoms in total. The van der Waals surface area contributed by atoms with Gasteiger partial charge in [-0.2, -0.15) is 5.10 Å². The molecule has 0 fully saturated rings. The number of hydrazone groups is 1. The lowest BCUT2D eigenvalue weighted by Gasteiger charge is -2.11. The summed E-state index contributed by atoms with van der Waals surface area (Å²) >= 11 is 7.52. The topological polar surface area (TPSA) is 98.8 Å². The first-order chi connectivity index (χ1) is 13.0. The minimum atomic E-state index is -0.343. The van der Waals surface area contributed by atoms with Gasteiger partial charge >= 0.3 is 0 Å². The number of nitrogen functional groups attached to an aromatic ring is 1. The van der Waals surface area contributed by atoms with Crippen molar-refractivity contribution in [3.63, 3.8) is 0 Å². The van der Waals surface area contributed by atoms with Crippen LogP contribution in [0.5, 0.6) is 11.5 Å². The number of nitrogens with two attached hydrogens (primary N) is 1. The van der Waals surface area contributed by atoms with E-state index in [2.05, 4.69) is 15.5 Å². The summed E-state index contributed by atoms with van der Waals surface area (Å²) in [6.45, 7) is 2.33. The Balaban J connectivity index is 1.74. The third-order valence-electron chi connectivity index (χ3n) is 3.58. The smallest absolute Gasteiger partial charge is 0.271 e. The van der Waals surface area contributed by atoms with Crippen molar-refractivity contribution in [2.45, 2.75) is 6.92 Å². The van der Waals surface area contributed by atoms with Gasteiger partial charge in [0.05, 0.1) is 35.2 Å². The average molecular weight is 405 g/mol. The van der Waals surface area contributed by atoms with E-state index in [9.17, 15) is 4.79 Å². The summed E-state index contributed by atoms with van der Waals surface area (Å²) in [6, 6.07) is 8.55. The van der Waals surface area contributed by atoms with Crippen LogP contribution in [0.1, 0.15) is 22.8 Å². The summed E-state index contributed by atoms with van der Waals surface area (Å²) in [5.41, 5.74) is 10.1. The lowest BCUT2D eigenvalue weighted by Crippen LogP contribution is -2.17. The van der Waals surface area contributed by atoms with Crippen LogP contribution in [0.3, 0.4) is 0 Å². The molecule has 2 aromatic carbocycles. The zero-order valence-electron chi connectivity index (χ0n) is 14.7. The molecule has 0 saturated heterocycles. The second kappa shape index (κ2) is 8.24. The van der Waals surface area contributed by atoms with Crippen molar-refractivity contribution in [1.29, 1.82) is 0 Å². The molecule has 0 bridgehead atoms. The molecule has 0 spiro atoms. The number of thiazole rings is 1. The number of rotatable bonds is 6. The monoisotopic (exact) mass is 404 g/mol. The number of methoxy groups -OCH3 is 1. The van der Waals surface area contributed by atoms with Crippen LogP contribution in [0.15, 0.2) is 35.4 Å². The molecule has 0 aliphatic rings. The molecule has 0 aliphatic heterocycles. The predicted molar refractivity (Wildman–Crippen MR) is 108 cm³/mol. The van der Waals surface area contributed by atoms with Crippen LogP contribution in [0.4, 0.5) is 5.13 Å². The Morgan fingerprint density at radius 2 is 2.22 bits per heavy atom. The molecule has 0 atom stereocenters. The first-order valence-corrected chi connectivity index (χ1v) is 9.21. The van der Waals surface area contributed by atoms with Crippen LogP contribution >= 0.6 is 22.9 Å². The molecule has 0 unspecified atom stereocenters. The van der Waals surface area contributed by atoms with Gasteiger partial charge in [0, 0.05) is 5.56 Å². The van der Waals surface area contributed by atoms with E-state index in [-0.39, 0.29) is 5.91 Å². The lowest BCUT2D eigenvalue weighted by atomic mass is 10.2. The van der Waals surface area contributed by atoms with Gasteiger partial charge < -0.3 is 15.2 Å². The van der Waals surface area contributed by atoms with Crippen molar-refractivity contribution >= 4 is 50.4 Å². The van der Waals surface area contributed by atoms with Crippen LogP contribution in [-0.4, -0.2) is 30.8 Å². The molecule has 140 valence electrons. The summed E-state index contributed by atoms with van der Waals surface area (Å²) in [7, 11) is 1.52. The van der Waals surface area contributed by atoms with E-state index in [1.165, 1.54) is 24.7 Å². The quantitative estimate of drug-likeness (QED) is 0.482. The van der Waals surface area contributed by atoms with E-state index >= 15 is 0 Å². The minimum Gasteiger partial charge on any atom is -0.491 e. The van der Waals surface area contributed by atoms with E-state index in [4.69, 9.17) is 26.8 Å². The number of amides is 1. The Labute approximate surface area is 164 Å². The van der Waals surface area contributed by atoms with Crippen LogP contribution in [0.25, 0.3) is 10.2 Å². The van der Waals surface area contributed by atoms with Gasteiger partial charge in [-0.15, -0.1) is 0 Å². The molecule has 0 aliphatic carbocycles. The molecule has 1 heterocycles. The van der Waals surface area contributed by atoms with Gasteiger partial charge in [-0.3, -0.25) is 4.79 Å². The van der Waals surface area contributed by atoms with E-state index in [1.807, 2.05) is 6.92 Å². The number of ether oxygens (including phenoxy) is 2. The number of hydrogen-bond donors (Lipinski definition) is 2. The van der Waals surface area contributed by atoms with E-state index in [0.717, 1.165) is 10.2 Å². The SMILES string of the molecule is CCOc1cc(/C=N\NC(=O)c2ccc3nc(N)sc3c2)cc(Cl)c1OC. The third kappa shape index (κ3) is 4.29. The van der Waals surface area contributed by atoms with Crippen molar-refractivity contribution in [2.24, 2.45) is 5.10 Å². The van der Waals surface area contributed by atoms with Crippen molar-refractivity contribution in [3.8, 4) is 11.5 Å². The predicted octanol–water partition coefficient (Wildman–Crippen LogP) is 3.70. The maximum absolute atomic E-state index is 12.3. The van der Waals surface area contributed by atoms with Gasteiger partial charge in [-0.1, -0.05) is 22.9 Å². The molecule has 27 heavy (non-hydrogen) atoms. The summed E-state index contributed by atoms with van der Waals surface area (Å²) in [5.74, 6) is 0.620. The van der Waals surface area contributed by atoms with Crippen LogP contribution in [-0.2, 0) is 0 Å². The Hall–Kier alpha value is -2.84. The van der Waals surface area contributed by atoms with E-state index in [0.29, 0.717) is 39.4 Å². The largest absolute Gasteiger partial charge is 0.491 e. The Morgan fingerprint density at radius 1 is 1.41 bits per heavy atom. The van der Waals surface area contributed by atoms with Gasteiger partial charge in [-0.25, -0.2) is 10.4 Å². The second-order valence-corrected chi connectivity index (χ2v) is 6.87. The first-order valence-electron chi connectivity index (χ1n) is 8.01. The molecule has 3 rings (SSSR count). The fraction of sp³-hybridized carbons (Fsp3) is 0.167. The molecular weight excluding hydrogens is 388 g/mol. The number of halogens is 1. The van der Waals surface area contributed by atoms with Crippen LogP contribution in [0.2, 0.25) is 5.02 Å². The number of nitrogens with zero attached hydrogens (tertiary/aromatic N) is 2. The molecule has 3 aromatic rings. The molecule has 1 amide bonds. The number of carbonyl (C=O) groups excluding carboxylic acids is 1. The first kappa shape index (κ1) is 18.9. The van der Waals surface area contributed by atoms with Crippen molar-refractivity contribution in [3.05, 3.63) is 46.5 Å². The normalized spacial score (nSPS) is 11.1. The second-order valence-electron chi connectivity index (χ2n) is 5.40. The molecule has 9 heteroatoms. The van der Waals surface area contributed by atoms with Crippen molar-refractivity contribution < 1.29 is 14.3 Å². The number of hydrogen-bond acceptors (Lipinski definition) is 7. The maximum atomic E-state index is 12.3. The highest BCUT2D eigenvalue weighted by Crippen LogP contribution is 2.35. The number of fused-ring (bicyclic) bond motifs is 1. The van der Waals surface area contributed by atoms with Crippen molar-refractivity contribution in [1.82, 2.24) is 10.4 Å².